The number of ether oxygens (including phenoxy) is 1. The lowest BCUT2D eigenvalue weighted by Crippen LogP contribution is -2.51. The Bertz CT molecular complexity index is 609. The number of benzene rings is 1. The summed E-state index contributed by atoms with van der Waals surface area (Å²) in [6, 6.07) is 6.94. The molecule has 0 aliphatic carbocycles. The number of amides is 2. The molecule has 0 bridgehead atoms. The highest BCUT2D eigenvalue weighted by atomic mass is 35.5. The number of hydrogen-bond donors (Lipinski definition) is 1. The van der Waals surface area contributed by atoms with E-state index in [1.165, 1.54) is 6.42 Å². The van der Waals surface area contributed by atoms with E-state index in [0.717, 1.165) is 19.5 Å². The van der Waals surface area contributed by atoms with Crippen molar-refractivity contribution in [2.24, 2.45) is 5.92 Å². The number of carbonyl (C=O) groups is 2. The van der Waals surface area contributed by atoms with Crippen LogP contribution < -0.4 is 10.1 Å². The Morgan fingerprint density at radius 2 is 1.73 bits per heavy atom. The summed E-state index contributed by atoms with van der Waals surface area (Å²) in [7, 11) is 0. The van der Waals surface area contributed by atoms with E-state index in [9.17, 15) is 9.59 Å². The first-order valence-corrected chi connectivity index (χ1v) is 9.64. The van der Waals surface area contributed by atoms with E-state index in [0.29, 0.717) is 49.3 Å². The van der Waals surface area contributed by atoms with Gasteiger partial charge in [-0.2, -0.15) is 0 Å². The molecule has 0 saturated carbocycles. The summed E-state index contributed by atoms with van der Waals surface area (Å²) in [5.41, 5.74) is 0. The molecule has 1 N–H and O–H groups in total. The minimum Gasteiger partial charge on any atom is -0.484 e. The fourth-order valence-electron chi connectivity index (χ4n) is 3.42. The molecule has 1 aromatic carbocycles. The van der Waals surface area contributed by atoms with Crippen LogP contribution in [0.2, 0.25) is 5.02 Å². The van der Waals surface area contributed by atoms with E-state index in [1.54, 1.807) is 29.2 Å². The van der Waals surface area contributed by atoms with Gasteiger partial charge in [0.05, 0.1) is 0 Å². The second kappa shape index (κ2) is 9.24. The molecule has 1 aromatic rings. The van der Waals surface area contributed by atoms with Crippen molar-refractivity contribution in [1.29, 1.82) is 0 Å². The summed E-state index contributed by atoms with van der Waals surface area (Å²) in [5.74, 6) is 1.41. The van der Waals surface area contributed by atoms with Crippen LogP contribution in [0.15, 0.2) is 24.3 Å². The van der Waals surface area contributed by atoms with Crippen LogP contribution in [0.1, 0.15) is 19.3 Å². The molecule has 6 nitrogen and oxygen atoms in total. The van der Waals surface area contributed by atoms with Gasteiger partial charge in [0.25, 0.3) is 5.91 Å². The molecule has 26 heavy (non-hydrogen) atoms. The average molecular weight is 380 g/mol. The van der Waals surface area contributed by atoms with E-state index < -0.39 is 0 Å². The standard InChI is InChI=1S/C19H26ClN3O3/c20-16-2-4-17(5-3-16)26-14-19(25)23-11-9-22(10-12-23)18(24)6-1-15-7-8-21-13-15/h2-5,15,21H,1,6-14H2. The normalized spacial score (nSPS) is 20.3. The maximum Gasteiger partial charge on any atom is 0.260 e. The highest BCUT2D eigenvalue weighted by Crippen LogP contribution is 2.17. The van der Waals surface area contributed by atoms with Crippen molar-refractivity contribution in [2.75, 3.05) is 45.9 Å². The molecule has 2 aliphatic heterocycles. The van der Waals surface area contributed by atoms with E-state index in [2.05, 4.69) is 5.32 Å². The monoisotopic (exact) mass is 379 g/mol. The van der Waals surface area contributed by atoms with Crippen LogP contribution in [0.3, 0.4) is 0 Å². The van der Waals surface area contributed by atoms with E-state index in [1.807, 2.05) is 4.90 Å². The number of piperazine rings is 1. The van der Waals surface area contributed by atoms with Gasteiger partial charge in [-0.1, -0.05) is 11.6 Å². The smallest absolute Gasteiger partial charge is 0.260 e. The number of halogens is 1. The Balaban J connectivity index is 1.36. The second-order valence-corrected chi connectivity index (χ2v) is 7.34. The predicted molar refractivity (Wildman–Crippen MR) is 100 cm³/mol. The summed E-state index contributed by atoms with van der Waals surface area (Å²) in [6.45, 7) is 4.45. The molecule has 0 spiro atoms. The molecule has 0 radical (unpaired) electrons. The Morgan fingerprint density at radius 3 is 2.35 bits per heavy atom. The largest absolute Gasteiger partial charge is 0.484 e. The topological polar surface area (TPSA) is 61.9 Å². The van der Waals surface area contributed by atoms with Crippen LogP contribution >= 0.6 is 11.6 Å². The number of nitrogens with zero attached hydrogens (tertiary/aromatic N) is 2. The minimum atomic E-state index is -0.0518. The van der Waals surface area contributed by atoms with Crippen LogP contribution in [0, 0.1) is 5.92 Å². The van der Waals surface area contributed by atoms with Crippen molar-refractivity contribution in [3.05, 3.63) is 29.3 Å². The first-order chi connectivity index (χ1) is 12.6. The lowest BCUT2D eigenvalue weighted by atomic mass is 10.0. The van der Waals surface area contributed by atoms with Crippen molar-refractivity contribution < 1.29 is 14.3 Å². The first-order valence-electron chi connectivity index (χ1n) is 9.26. The van der Waals surface area contributed by atoms with Crippen molar-refractivity contribution in [3.8, 4) is 5.75 Å². The number of rotatable bonds is 6. The summed E-state index contributed by atoms with van der Waals surface area (Å²) >= 11 is 5.83. The van der Waals surface area contributed by atoms with Crippen LogP contribution in [-0.4, -0.2) is 67.5 Å². The maximum absolute atomic E-state index is 12.3. The van der Waals surface area contributed by atoms with Crippen molar-refractivity contribution >= 4 is 23.4 Å². The van der Waals surface area contributed by atoms with Gasteiger partial charge in [0.15, 0.2) is 6.61 Å². The molecule has 3 rings (SSSR count). The van der Waals surface area contributed by atoms with Crippen LogP contribution in [0.5, 0.6) is 5.75 Å². The Labute approximate surface area is 159 Å². The van der Waals surface area contributed by atoms with Gasteiger partial charge in [0, 0.05) is 37.6 Å². The molecule has 1 unspecified atom stereocenters. The molecule has 142 valence electrons. The fourth-order valence-corrected chi connectivity index (χ4v) is 3.54. The predicted octanol–water partition coefficient (Wildman–Crippen LogP) is 1.78. The summed E-state index contributed by atoms with van der Waals surface area (Å²) < 4.78 is 5.51. The SMILES string of the molecule is O=C(CCC1CCNC1)N1CCN(C(=O)COc2ccc(Cl)cc2)CC1. The number of carbonyl (C=O) groups excluding carboxylic acids is 2. The third kappa shape index (κ3) is 5.35. The second-order valence-electron chi connectivity index (χ2n) is 6.90. The Kier molecular flexibility index (Phi) is 6.74. The lowest BCUT2D eigenvalue weighted by molar-refractivity contribution is -0.140. The number of hydrogen-bond acceptors (Lipinski definition) is 4. The third-order valence-corrected chi connectivity index (χ3v) is 5.34. The van der Waals surface area contributed by atoms with E-state index >= 15 is 0 Å². The first kappa shape index (κ1) is 19.0. The van der Waals surface area contributed by atoms with E-state index in [4.69, 9.17) is 16.3 Å². The molecule has 2 heterocycles. The van der Waals surface area contributed by atoms with Crippen LogP contribution in [-0.2, 0) is 9.59 Å². The zero-order valence-electron chi connectivity index (χ0n) is 15.0. The highest BCUT2D eigenvalue weighted by molar-refractivity contribution is 6.30. The molecule has 1 atom stereocenters. The third-order valence-electron chi connectivity index (χ3n) is 5.09. The molecule has 7 heteroatoms. The van der Waals surface area contributed by atoms with Gasteiger partial charge < -0.3 is 19.9 Å². The van der Waals surface area contributed by atoms with Crippen molar-refractivity contribution in [3.63, 3.8) is 0 Å². The summed E-state index contributed by atoms with van der Waals surface area (Å²) in [5, 5.41) is 3.97. The molecule has 2 amide bonds. The molecule has 0 aromatic heterocycles. The summed E-state index contributed by atoms with van der Waals surface area (Å²) in [4.78, 5) is 28.3. The van der Waals surface area contributed by atoms with E-state index in [-0.39, 0.29) is 18.4 Å². The van der Waals surface area contributed by atoms with Crippen molar-refractivity contribution in [1.82, 2.24) is 15.1 Å². The van der Waals surface area contributed by atoms with Crippen molar-refractivity contribution in [2.45, 2.75) is 19.3 Å². The molecule has 2 aliphatic rings. The Hall–Kier alpha value is -1.79. The average Bonchev–Trinajstić information content (AvgIpc) is 3.19. The van der Waals surface area contributed by atoms with Gasteiger partial charge in [-0.15, -0.1) is 0 Å². The molecular formula is C19H26ClN3O3. The van der Waals surface area contributed by atoms with Gasteiger partial charge in [0.2, 0.25) is 5.91 Å². The van der Waals surface area contributed by atoms with Gasteiger partial charge in [-0.05, 0) is 56.1 Å². The molecular weight excluding hydrogens is 354 g/mol. The number of nitrogens with one attached hydrogen (secondary N) is 1. The minimum absolute atomic E-state index is 0.00423. The van der Waals surface area contributed by atoms with Gasteiger partial charge in [0.1, 0.15) is 5.75 Å². The lowest BCUT2D eigenvalue weighted by Gasteiger charge is -2.35. The zero-order chi connectivity index (χ0) is 18.4. The highest BCUT2D eigenvalue weighted by Gasteiger charge is 2.25. The van der Waals surface area contributed by atoms with Gasteiger partial charge >= 0.3 is 0 Å². The zero-order valence-corrected chi connectivity index (χ0v) is 15.7. The fraction of sp³-hybridized carbons (Fsp3) is 0.579. The van der Waals surface area contributed by atoms with Gasteiger partial charge in [-0.3, -0.25) is 9.59 Å². The molecule has 2 fully saturated rings. The van der Waals surface area contributed by atoms with Crippen LogP contribution in [0.4, 0.5) is 0 Å². The quantitative estimate of drug-likeness (QED) is 0.818. The molecule has 2 saturated heterocycles. The van der Waals surface area contributed by atoms with Crippen LogP contribution in [0.25, 0.3) is 0 Å². The maximum atomic E-state index is 12.3. The van der Waals surface area contributed by atoms with Gasteiger partial charge in [-0.25, -0.2) is 0 Å². The summed E-state index contributed by atoms with van der Waals surface area (Å²) in [6.07, 6.45) is 2.74. The Morgan fingerprint density at radius 1 is 1.08 bits per heavy atom.